The molecule has 3 heteroatoms. The third kappa shape index (κ3) is 6.75. The highest BCUT2D eigenvalue weighted by atomic mass is 15.1. The zero-order valence-electron chi connectivity index (χ0n) is 35.0. The molecule has 0 aliphatic carbocycles. The SMILES string of the molecule is CC.Cc1cc(C)cc(-n2c3ccc(-c4ccc(N(c5ccccc5)c5ccccc5)cc4)cc3c3cc(-c4ccc5c(c4)c4ccccc4n5-c4ccccc4)ccc32)c1. The minimum absolute atomic E-state index is 1.12. The van der Waals surface area contributed by atoms with E-state index in [1.165, 1.54) is 88.4 Å². The number of hydrogen-bond acceptors (Lipinski definition) is 1. The van der Waals surface area contributed by atoms with Crippen molar-refractivity contribution in [2.45, 2.75) is 27.7 Å². The molecule has 11 rings (SSSR count). The minimum Gasteiger partial charge on any atom is -0.311 e. The first kappa shape index (κ1) is 37.6. The Morgan fingerprint density at radius 3 is 1.20 bits per heavy atom. The van der Waals surface area contributed by atoms with Crippen LogP contribution in [0.3, 0.4) is 0 Å². The van der Waals surface area contributed by atoms with Gasteiger partial charge in [-0.15, -0.1) is 0 Å². The Labute approximate surface area is 358 Å². The van der Waals surface area contributed by atoms with Gasteiger partial charge in [-0.3, -0.25) is 0 Å². The van der Waals surface area contributed by atoms with E-state index in [9.17, 15) is 0 Å². The summed E-state index contributed by atoms with van der Waals surface area (Å²) < 4.78 is 4.82. The fourth-order valence-corrected chi connectivity index (χ4v) is 9.15. The molecule has 0 aliphatic heterocycles. The molecule has 0 atom stereocenters. The quantitative estimate of drug-likeness (QED) is 0.157. The predicted molar refractivity (Wildman–Crippen MR) is 261 cm³/mol. The monoisotopic (exact) mass is 785 g/mol. The van der Waals surface area contributed by atoms with Gasteiger partial charge in [0.2, 0.25) is 0 Å². The zero-order valence-corrected chi connectivity index (χ0v) is 35.0. The number of nitrogens with zero attached hydrogens (tertiary/aromatic N) is 3. The van der Waals surface area contributed by atoms with Gasteiger partial charge in [-0.05, 0) is 150 Å². The number of para-hydroxylation sites is 4. The van der Waals surface area contributed by atoms with E-state index >= 15 is 0 Å². The average Bonchev–Trinajstić information content (AvgIpc) is 3.82. The molecule has 0 bridgehead atoms. The number of aromatic nitrogens is 2. The summed E-state index contributed by atoms with van der Waals surface area (Å²) in [6.45, 7) is 8.37. The lowest BCUT2D eigenvalue weighted by Crippen LogP contribution is -2.09. The molecule has 2 aromatic heterocycles. The van der Waals surface area contributed by atoms with Crippen molar-refractivity contribution >= 4 is 60.7 Å². The van der Waals surface area contributed by atoms with E-state index in [0.29, 0.717) is 0 Å². The van der Waals surface area contributed by atoms with E-state index < -0.39 is 0 Å². The van der Waals surface area contributed by atoms with Crippen LogP contribution < -0.4 is 4.90 Å². The molecular weight excluding hydrogens is 739 g/mol. The minimum atomic E-state index is 1.12. The van der Waals surface area contributed by atoms with Crippen molar-refractivity contribution in [2.24, 2.45) is 0 Å². The molecule has 0 aliphatic rings. The maximum absolute atomic E-state index is 2.44. The third-order valence-corrected chi connectivity index (χ3v) is 11.7. The molecule has 0 unspecified atom stereocenters. The largest absolute Gasteiger partial charge is 0.311 e. The Hall–Kier alpha value is -7.62. The third-order valence-electron chi connectivity index (χ3n) is 11.7. The summed E-state index contributed by atoms with van der Waals surface area (Å²) in [5.74, 6) is 0. The highest BCUT2D eigenvalue weighted by Gasteiger charge is 2.18. The van der Waals surface area contributed by atoms with Crippen molar-refractivity contribution < 1.29 is 0 Å². The predicted octanol–water partition coefficient (Wildman–Crippen LogP) is 16.3. The molecule has 294 valence electrons. The summed E-state index contributed by atoms with van der Waals surface area (Å²) in [6.07, 6.45) is 0. The molecule has 3 nitrogen and oxygen atoms in total. The van der Waals surface area contributed by atoms with Gasteiger partial charge in [0.05, 0.1) is 22.1 Å². The normalized spacial score (nSPS) is 11.3. The van der Waals surface area contributed by atoms with Gasteiger partial charge in [-0.1, -0.05) is 123 Å². The average molecular weight is 786 g/mol. The Bertz CT molecular complexity index is 3260. The van der Waals surface area contributed by atoms with E-state index in [-0.39, 0.29) is 0 Å². The molecule has 0 N–H and O–H groups in total. The molecule has 2 heterocycles. The second kappa shape index (κ2) is 15.9. The van der Waals surface area contributed by atoms with Crippen LogP contribution in [0, 0.1) is 13.8 Å². The molecule has 11 aromatic rings. The van der Waals surface area contributed by atoms with Gasteiger partial charge in [0.25, 0.3) is 0 Å². The van der Waals surface area contributed by atoms with E-state index in [1.807, 2.05) is 13.8 Å². The summed E-state index contributed by atoms with van der Waals surface area (Å²) in [5, 5.41) is 4.98. The Balaban J connectivity index is 0.00000220. The molecular formula is C58H47N3. The molecule has 0 fully saturated rings. The lowest BCUT2D eigenvalue weighted by molar-refractivity contribution is 1.16. The van der Waals surface area contributed by atoms with Gasteiger partial charge in [0, 0.05) is 50.0 Å². The molecule has 9 aromatic carbocycles. The highest BCUT2D eigenvalue weighted by molar-refractivity contribution is 6.13. The fraction of sp³-hybridized carbons (Fsp3) is 0.0690. The number of rotatable bonds is 7. The molecule has 0 radical (unpaired) electrons. The lowest BCUT2D eigenvalue weighted by Gasteiger charge is -2.25. The van der Waals surface area contributed by atoms with Crippen LogP contribution in [0.1, 0.15) is 25.0 Å². The van der Waals surface area contributed by atoms with Crippen LogP contribution in [0.15, 0.2) is 212 Å². The van der Waals surface area contributed by atoms with Crippen LogP contribution in [-0.2, 0) is 0 Å². The van der Waals surface area contributed by atoms with E-state index in [2.05, 4.69) is 240 Å². The number of benzene rings is 9. The molecule has 0 spiro atoms. The first-order valence-corrected chi connectivity index (χ1v) is 21.3. The Morgan fingerprint density at radius 2 is 0.672 bits per heavy atom. The molecule has 0 saturated carbocycles. The summed E-state index contributed by atoms with van der Waals surface area (Å²) in [5.41, 5.74) is 17.8. The van der Waals surface area contributed by atoms with Crippen molar-refractivity contribution in [3.63, 3.8) is 0 Å². The topological polar surface area (TPSA) is 13.1 Å². The first-order chi connectivity index (χ1) is 30.1. The second-order valence-electron chi connectivity index (χ2n) is 15.6. The molecule has 0 saturated heterocycles. The van der Waals surface area contributed by atoms with Crippen molar-refractivity contribution in [3.8, 4) is 33.6 Å². The number of hydrogen-bond donors (Lipinski definition) is 0. The van der Waals surface area contributed by atoms with Gasteiger partial charge >= 0.3 is 0 Å². The van der Waals surface area contributed by atoms with Gasteiger partial charge in [0.15, 0.2) is 0 Å². The van der Waals surface area contributed by atoms with Gasteiger partial charge in [-0.2, -0.15) is 0 Å². The maximum Gasteiger partial charge on any atom is 0.0541 e. The molecule has 61 heavy (non-hydrogen) atoms. The Kier molecular flexibility index (Phi) is 9.78. The summed E-state index contributed by atoms with van der Waals surface area (Å²) in [6, 6.07) is 77.3. The first-order valence-electron chi connectivity index (χ1n) is 21.3. The smallest absolute Gasteiger partial charge is 0.0541 e. The van der Waals surface area contributed by atoms with Gasteiger partial charge in [0.1, 0.15) is 0 Å². The highest BCUT2D eigenvalue weighted by Crippen LogP contribution is 2.41. The second-order valence-corrected chi connectivity index (χ2v) is 15.6. The van der Waals surface area contributed by atoms with Gasteiger partial charge < -0.3 is 14.0 Å². The van der Waals surface area contributed by atoms with Crippen molar-refractivity contribution in [2.75, 3.05) is 4.90 Å². The summed E-state index contributed by atoms with van der Waals surface area (Å²) >= 11 is 0. The van der Waals surface area contributed by atoms with Crippen LogP contribution in [0.2, 0.25) is 0 Å². The maximum atomic E-state index is 2.44. The number of aryl methyl sites for hydroxylation is 2. The van der Waals surface area contributed by atoms with Crippen molar-refractivity contribution in [3.05, 3.63) is 223 Å². The van der Waals surface area contributed by atoms with Crippen molar-refractivity contribution in [1.29, 1.82) is 0 Å². The van der Waals surface area contributed by atoms with Crippen LogP contribution in [0.25, 0.3) is 77.2 Å². The van der Waals surface area contributed by atoms with Crippen LogP contribution in [0.5, 0.6) is 0 Å². The zero-order chi connectivity index (χ0) is 41.5. The van der Waals surface area contributed by atoms with Gasteiger partial charge in [-0.25, -0.2) is 0 Å². The van der Waals surface area contributed by atoms with Crippen LogP contribution in [-0.4, -0.2) is 9.13 Å². The van der Waals surface area contributed by atoms with E-state index in [1.54, 1.807) is 0 Å². The number of fused-ring (bicyclic) bond motifs is 6. The summed E-state index contributed by atoms with van der Waals surface area (Å²) in [4.78, 5) is 2.31. The summed E-state index contributed by atoms with van der Waals surface area (Å²) in [7, 11) is 0. The van der Waals surface area contributed by atoms with Crippen LogP contribution >= 0.6 is 0 Å². The fourth-order valence-electron chi connectivity index (χ4n) is 9.15. The van der Waals surface area contributed by atoms with E-state index in [0.717, 1.165) is 17.1 Å². The standard InChI is InChI=1S/C56H41N3.C2H6/c1-38-32-39(2)34-48(33-38)59-55-29-24-41(40-22-27-47(28-23-40)57(44-14-6-3-7-15-44)45-16-8-4-9-17-45)35-51(55)52-37-43(26-31-56(52)59)42-25-30-54-50(36-42)49-20-12-13-21-53(49)58(54)46-18-10-5-11-19-46;1-2/h3-37H,1-2H3;1-2H3. The number of anilines is 3. The molecule has 0 amide bonds. The van der Waals surface area contributed by atoms with Crippen molar-refractivity contribution in [1.82, 2.24) is 9.13 Å². The van der Waals surface area contributed by atoms with E-state index in [4.69, 9.17) is 0 Å². The van der Waals surface area contributed by atoms with Crippen LogP contribution in [0.4, 0.5) is 17.1 Å². The lowest BCUT2D eigenvalue weighted by atomic mass is 9.99. The Morgan fingerprint density at radius 1 is 0.295 bits per heavy atom.